The van der Waals surface area contributed by atoms with Gasteiger partial charge in [0.1, 0.15) is 0 Å². The molecule has 10 nitrogen and oxygen atoms in total. The van der Waals surface area contributed by atoms with Crippen LogP contribution in [0.1, 0.15) is 21.5 Å². The molecule has 1 saturated heterocycles. The third kappa shape index (κ3) is 6.56. The van der Waals surface area contributed by atoms with E-state index >= 15 is 0 Å². The highest BCUT2D eigenvalue weighted by molar-refractivity contribution is 6.32. The van der Waals surface area contributed by atoms with Crippen molar-refractivity contribution in [2.45, 2.75) is 12.6 Å². The van der Waals surface area contributed by atoms with Crippen LogP contribution in [-0.2, 0) is 27.0 Å². The lowest BCUT2D eigenvalue weighted by atomic mass is 10.1. The molecule has 1 heterocycles. The van der Waals surface area contributed by atoms with Crippen LogP contribution in [0.4, 0.5) is 29.3 Å². The minimum absolute atomic E-state index is 0.137. The van der Waals surface area contributed by atoms with Crippen molar-refractivity contribution in [3.8, 4) is 0 Å². The Kier molecular flexibility index (Phi) is 8.03. The third-order valence-corrected chi connectivity index (χ3v) is 5.66. The summed E-state index contributed by atoms with van der Waals surface area (Å²) in [7, 11) is 0. The Morgan fingerprint density at radius 1 is 0.950 bits per heavy atom. The molecular formula is C27H20F3N5O5. The molecule has 0 bridgehead atoms. The maximum absolute atomic E-state index is 13.1. The van der Waals surface area contributed by atoms with Crippen LogP contribution in [0.3, 0.4) is 0 Å². The number of hydrazone groups is 1. The van der Waals surface area contributed by atoms with E-state index in [-0.39, 0.29) is 17.9 Å². The number of anilines is 2. The maximum Gasteiger partial charge on any atom is 0.416 e. The summed E-state index contributed by atoms with van der Waals surface area (Å²) in [5.41, 5.74) is 2.06. The van der Waals surface area contributed by atoms with Crippen molar-refractivity contribution < 1.29 is 37.1 Å². The molecule has 3 N–H and O–H groups in total. The van der Waals surface area contributed by atoms with Crippen LogP contribution in [0, 0.1) is 5.92 Å². The molecule has 0 aromatic heterocycles. The number of halogens is 3. The number of carbonyl (C=O) groups excluding carboxylic acids is 5. The second-order valence-corrected chi connectivity index (χ2v) is 8.50. The number of imide groups is 2. The van der Waals surface area contributed by atoms with Gasteiger partial charge in [-0.25, -0.2) is 15.1 Å². The normalized spacial score (nSPS) is 15.6. The lowest BCUT2D eigenvalue weighted by Gasteiger charge is -2.28. The highest BCUT2D eigenvalue weighted by atomic mass is 19.4. The highest BCUT2D eigenvalue weighted by Crippen LogP contribution is 2.32. The molecule has 0 unspecified atom stereocenters. The second kappa shape index (κ2) is 11.6. The van der Waals surface area contributed by atoms with E-state index in [1.807, 2.05) is 35.6 Å². The number of nitrogens with one attached hydrogen (secondary N) is 3. The average Bonchev–Trinajstić information content (AvgIpc) is 2.91. The van der Waals surface area contributed by atoms with Crippen LogP contribution < -0.4 is 21.0 Å². The molecule has 3 aromatic rings. The van der Waals surface area contributed by atoms with Gasteiger partial charge < -0.3 is 5.32 Å². The molecule has 0 spiro atoms. The van der Waals surface area contributed by atoms with Gasteiger partial charge in [0, 0.05) is 17.5 Å². The van der Waals surface area contributed by atoms with Gasteiger partial charge in [0.05, 0.1) is 17.7 Å². The van der Waals surface area contributed by atoms with Crippen LogP contribution in [0.5, 0.6) is 0 Å². The lowest BCUT2D eigenvalue weighted by Crippen LogP contribution is -2.58. The summed E-state index contributed by atoms with van der Waals surface area (Å²) in [6.45, 7) is 0. The molecule has 0 aliphatic carbocycles. The summed E-state index contributed by atoms with van der Waals surface area (Å²) in [6, 6.07) is 17.2. The van der Waals surface area contributed by atoms with Gasteiger partial charge in [-0.1, -0.05) is 36.4 Å². The fourth-order valence-electron chi connectivity index (χ4n) is 3.71. The topological polar surface area (TPSA) is 137 Å². The Labute approximate surface area is 224 Å². The number of hydrogen-bond donors (Lipinski definition) is 3. The van der Waals surface area contributed by atoms with Crippen LogP contribution in [-0.4, -0.2) is 35.9 Å². The predicted octanol–water partition coefficient (Wildman–Crippen LogP) is 3.50. The quantitative estimate of drug-likeness (QED) is 0.235. The zero-order valence-electron chi connectivity index (χ0n) is 20.4. The van der Waals surface area contributed by atoms with E-state index in [1.165, 1.54) is 24.3 Å². The van der Waals surface area contributed by atoms with E-state index < -0.39 is 47.1 Å². The minimum Gasteiger partial charge on any atom is -0.326 e. The Balaban J connectivity index is 1.38. The maximum atomic E-state index is 13.1. The number of carbonyl (C=O) groups is 5. The number of amides is 6. The van der Waals surface area contributed by atoms with Crippen molar-refractivity contribution in [3.63, 3.8) is 0 Å². The summed E-state index contributed by atoms with van der Waals surface area (Å²) in [5, 5.41) is 8.20. The Morgan fingerprint density at radius 3 is 2.33 bits per heavy atom. The van der Waals surface area contributed by atoms with Gasteiger partial charge in [-0.05, 0) is 48.0 Å². The minimum atomic E-state index is -4.72. The first-order chi connectivity index (χ1) is 19.0. The second-order valence-electron chi connectivity index (χ2n) is 8.50. The number of nitrogens with zero attached hydrogens (tertiary/aromatic N) is 2. The smallest absolute Gasteiger partial charge is 0.326 e. The van der Waals surface area contributed by atoms with Gasteiger partial charge in [0.2, 0.25) is 11.8 Å². The van der Waals surface area contributed by atoms with Crippen molar-refractivity contribution in [1.29, 1.82) is 0 Å². The van der Waals surface area contributed by atoms with Crippen molar-refractivity contribution in [2.24, 2.45) is 11.0 Å². The van der Waals surface area contributed by atoms with E-state index in [4.69, 9.17) is 0 Å². The molecule has 4 rings (SSSR count). The summed E-state index contributed by atoms with van der Waals surface area (Å²) < 4.78 is 39.2. The Hall–Kier alpha value is -5.33. The molecule has 1 aliphatic rings. The van der Waals surface area contributed by atoms with Crippen LogP contribution in [0.25, 0.3) is 0 Å². The highest BCUT2D eigenvalue weighted by Gasteiger charge is 2.41. The Bertz CT molecular complexity index is 1490. The fourth-order valence-corrected chi connectivity index (χ4v) is 3.71. The van der Waals surface area contributed by atoms with E-state index in [9.17, 15) is 37.1 Å². The first-order valence-electron chi connectivity index (χ1n) is 11.7. The number of barbiturate groups is 1. The van der Waals surface area contributed by atoms with Gasteiger partial charge >= 0.3 is 12.2 Å². The number of urea groups is 1. The number of rotatable bonds is 7. The predicted molar refractivity (Wildman–Crippen MR) is 137 cm³/mol. The first kappa shape index (κ1) is 27.7. The zero-order valence-corrected chi connectivity index (χ0v) is 20.4. The summed E-state index contributed by atoms with van der Waals surface area (Å²) in [4.78, 5) is 62.3. The van der Waals surface area contributed by atoms with Gasteiger partial charge in [-0.2, -0.15) is 18.3 Å². The number of alkyl halides is 3. The van der Waals surface area contributed by atoms with E-state index in [0.29, 0.717) is 16.7 Å². The summed E-state index contributed by atoms with van der Waals surface area (Å²) in [5.74, 6) is -4.88. The van der Waals surface area contributed by atoms with Gasteiger partial charge in [0.15, 0.2) is 5.92 Å². The molecule has 204 valence electrons. The number of hydrogen-bond acceptors (Lipinski definition) is 6. The van der Waals surface area contributed by atoms with Crippen molar-refractivity contribution >= 4 is 47.2 Å². The zero-order chi connectivity index (χ0) is 28.9. The molecule has 1 atom stereocenters. The standard InChI is InChI=1S/C27H20F3N5O5/c28-27(29,30)18-7-4-8-20(14-18)35-25(39)21(24(38)33-26(35)40)15-31-34-23(37)17-9-11-19(12-10-17)32-22(36)13-16-5-2-1-3-6-16/h1-12,14-15,21H,13H2,(H,32,36)(H,34,37)(H,33,38,40)/b31-15-/t21-/m0/s1. The molecule has 1 aliphatic heterocycles. The third-order valence-electron chi connectivity index (χ3n) is 5.66. The van der Waals surface area contributed by atoms with E-state index in [2.05, 4.69) is 15.8 Å². The van der Waals surface area contributed by atoms with Gasteiger partial charge in [-0.15, -0.1) is 0 Å². The monoisotopic (exact) mass is 551 g/mol. The van der Waals surface area contributed by atoms with Gasteiger partial charge in [-0.3, -0.25) is 24.5 Å². The Morgan fingerprint density at radius 2 is 1.65 bits per heavy atom. The molecule has 0 radical (unpaired) electrons. The molecule has 3 aromatic carbocycles. The first-order valence-corrected chi connectivity index (χ1v) is 11.7. The molecule has 1 fully saturated rings. The summed E-state index contributed by atoms with van der Waals surface area (Å²) in [6.07, 6.45) is -3.79. The number of benzene rings is 3. The average molecular weight is 551 g/mol. The summed E-state index contributed by atoms with van der Waals surface area (Å²) >= 11 is 0. The molecule has 40 heavy (non-hydrogen) atoms. The van der Waals surface area contributed by atoms with Crippen molar-refractivity contribution in [2.75, 3.05) is 10.2 Å². The SMILES string of the molecule is O=C(Cc1ccccc1)Nc1ccc(C(=O)N/N=C\[C@H]2C(=O)NC(=O)N(c3cccc(C(F)(F)F)c3)C2=O)cc1. The molecule has 13 heteroatoms. The van der Waals surface area contributed by atoms with Crippen molar-refractivity contribution in [1.82, 2.24) is 10.7 Å². The molecule has 6 amide bonds. The van der Waals surface area contributed by atoms with Crippen LogP contribution in [0.15, 0.2) is 84.0 Å². The van der Waals surface area contributed by atoms with Crippen LogP contribution >= 0.6 is 0 Å². The molecule has 0 saturated carbocycles. The largest absolute Gasteiger partial charge is 0.416 e. The van der Waals surface area contributed by atoms with Crippen molar-refractivity contribution in [3.05, 3.63) is 95.6 Å². The molecular weight excluding hydrogens is 531 g/mol. The van der Waals surface area contributed by atoms with E-state index in [1.54, 1.807) is 0 Å². The van der Waals surface area contributed by atoms with E-state index in [0.717, 1.165) is 30.0 Å². The lowest BCUT2D eigenvalue weighted by molar-refractivity contribution is -0.138. The van der Waals surface area contributed by atoms with Gasteiger partial charge in [0.25, 0.3) is 11.8 Å². The fraction of sp³-hybridized carbons (Fsp3) is 0.111. The van der Waals surface area contributed by atoms with Crippen LogP contribution in [0.2, 0.25) is 0 Å².